The molecule has 0 fully saturated rings. The molecule has 6 heteroatoms. The molecule has 2 N–H and O–H groups in total. The van der Waals surface area contributed by atoms with Crippen molar-refractivity contribution in [1.82, 2.24) is 19.7 Å². The van der Waals surface area contributed by atoms with Gasteiger partial charge in [-0.2, -0.15) is 4.98 Å². The highest BCUT2D eigenvalue weighted by Gasteiger charge is 2.33. The number of nitrogens with zero attached hydrogens (tertiary/aromatic N) is 4. The monoisotopic (exact) mass is 249 g/mol. The molecule has 0 aliphatic carbocycles. The summed E-state index contributed by atoms with van der Waals surface area (Å²) in [5.74, 6) is 1.18. The molecular formula is C12H19N5O. The lowest BCUT2D eigenvalue weighted by atomic mass is 9.82. The summed E-state index contributed by atoms with van der Waals surface area (Å²) in [5, 5.41) is 4.03. The maximum Gasteiger partial charge on any atom is 0.234 e. The summed E-state index contributed by atoms with van der Waals surface area (Å²) < 4.78 is 7.26. The lowest BCUT2D eigenvalue weighted by Crippen LogP contribution is -2.34. The van der Waals surface area contributed by atoms with Crippen molar-refractivity contribution in [2.75, 3.05) is 6.54 Å². The summed E-state index contributed by atoms with van der Waals surface area (Å²) in [7, 11) is 1.90. The fraction of sp³-hybridized carbons (Fsp3) is 0.583. The van der Waals surface area contributed by atoms with Gasteiger partial charge in [0.25, 0.3) is 0 Å². The maximum atomic E-state index is 5.87. The molecule has 18 heavy (non-hydrogen) atoms. The van der Waals surface area contributed by atoms with E-state index in [1.165, 1.54) is 0 Å². The van der Waals surface area contributed by atoms with Crippen molar-refractivity contribution in [3.05, 3.63) is 18.4 Å². The summed E-state index contributed by atoms with van der Waals surface area (Å²) in [6.45, 7) is 4.68. The van der Waals surface area contributed by atoms with Crippen LogP contribution in [0.25, 0.3) is 11.5 Å². The van der Waals surface area contributed by atoms with Crippen molar-refractivity contribution < 1.29 is 4.52 Å². The summed E-state index contributed by atoms with van der Waals surface area (Å²) in [4.78, 5) is 8.53. The second kappa shape index (κ2) is 4.89. The van der Waals surface area contributed by atoms with Gasteiger partial charge in [-0.3, -0.25) is 0 Å². The van der Waals surface area contributed by atoms with E-state index < -0.39 is 0 Å². The summed E-state index contributed by atoms with van der Waals surface area (Å²) in [6, 6.07) is 0. The fourth-order valence-corrected chi connectivity index (χ4v) is 2.04. The number of hydrogen-bond acceptors (Lipinski definition) is 5. The normalized spacial score (nSPS) is 12.0. The zero-order chi connectivity index (χ0) is 13.2. The highest BCUT2D eigenvalue weighted by atomic mass is 16.5. The van der Waals surface area contributed by atoms with Crippen LogP contribution in [-0.2, 0) is 12.5 Å². The van der Waals surface area contributed by atoms with E-state index in [2.05, 4.69) is 29.0 Å². The zero-order valence-electron chi connectivity index (χ0n) is 11.1. The first kappa shape index (κ1) is 12.8. The summed E-state index contributed by atoms with van der Waals surface area (Å²) >= 11 is 0. The van der Waals surface area contributed by atoms with E-state index in [0.29, 0.717) is 18.3 Å². The minimum atomic E-state index is -0.218. The minimum absolute atomic E-state index is 0.218. The van der Waals surface area contributed by atoms with Gasteiger partial charge in [-0.25, -0.2) is 4.98 Å². The van der Waals surface area contributed by atoms with E-state index in [-0.39, 0.29) is 5.41 Å². The number of aryl methyl sites for hydroxylation is 1. The van der Waals surface area contributed by atoms with Crippen LogP contribution in [0.2, 0.25) is 0 Å². The standard InChI is InChI=1S/C12H19N5O/c1-4-12(5-2,7-13)11-15-10(16-18-11)9-6-14-8-17(9)3/h6,8H,4-5,7,13H2,1-3H3. The topological polar surface area (TPSA) is 82.8 Å². The Hall–Kier alpha value is -1.69. The molecule has 0 spiro atoms. The predicted octanol–water partition coefficient (Wildman–Crippen LogP) is 1.49. The smallest absolute Gasteiger partial charge is 0.234 e. The molecule has 2 rings (SSSR count). The van der Waals surface area contributed by atoms with Crippen LogP contribution in [-0.4, -0.2) is 26.2 Å². The Balaban J connectivity index is 2.39. The lowest BCUT2D eigenvalue weighted by molar-refractivity contribution is 0.267. The van der Waals surface area contributed by atoms with Gasteiger partial charge in [0, 0.05) is 13.6 Å². The maximum absolute atomic E-state index is 5.87. The molecule has 2 aromatic rings. The third-order valence-electron chi connectivity index (χ3n) is 3.67. The molecule has 0 aliphatic heterocycles. The molecular weight excluding hydrogens is 230 g/mol. The lowest BCUT2D eigenvalue weighted by Gasteiger charge is -2.24. The molecule has 0 atom stereocenters. The van der Waals surface area contributed by atoms with Crippen molar-refractivity contribution in [2.24, 2.45) is 12.8 Å². The van der Waals surface area contributed by atoms with Crippen LogP contribution < -0.4 is 5.73 Å². The van der Waals surface area contributed by atoms with Gasteiger partial charge in [-0.05, 0) is 12.8 Å². The number of hydrogen-bond donors (Lipinski definition) is 1. The largest absolute Gasteiger partial charge is 0.338 e. The van der Waals surface area contributed by atoms with Gasteiger partial charge in [0.2, 0.25) is 11.7 Å². The Morgan fingerprint density at radius 3 is 2.61 bits per heavy atom. The van der Waals surface area contributed by atoms with E-state index in [0.717, 1.165) is 18.5 Å². The molecule has 0 radical (unpaired) electrons. The second-order valence-corrected chi connectivity index (χ2v) is 4.50. The average molecular weight is 249 g/mol. The molecule has 0 aliphatic rings. The molecule has 2 heterocycles. The Morgan fingerprint density at radius 2 is 2.11 bits per heavy atom. The van der Waals surface area contributed by atoms with Crippen molar-refractivity contribution in [1.29, 1.82) is 0 Å². The quantitative estimate of drug-likeness (QED) is 0.868. The Bertz CT molecular complexity index is 504. The van der Waals surface area contributed by atoms with Crippen molar-refractivity contribution in [3.63, 3.8) is 0 Å². The van der Waals surface area contributed by atoms with E-state index in [1.807, 2.05) is 11.6 Å². The SMILES string of the molecule is CCC(CC)(CN)c1nc(-c2cncn2C)no1. The van der Waals surface area contributed by atoms with Gasteiger partial charge in [-0.1, -0.05) is 19.0 Å². The van der Waals surface area contributed by atoms with Crippen LogP contribution in [0, 0.1) is 0 Å². The fourth-order valence-electron chi connectivity index (χ4n) is 2.04. The third kappa shape index (κ3) is 1.92. The van der Waals surface area contributed by atoms with E-state index in [4.69, 9.17) is 10.3 Å². The molecule has 0 amide bonds. The minimum Gasteiger partial charge on any atom is -0.338 e. The first-order valence-electron chi connectivity index (χ1n) is 6.17. The van der Waals surface area contributed by atoms with E-state index in [1.54, 1.807) is 12.5 Å². The number of aromatic nitrogens is 4. The van der Waals surface area contributed by atoms with Gasteiger partial charge in [-0.15, -0.1) is 0 Å². The van der Waals surface area contributed by atoms with Gasteiger partial charge < -0.3 is 14.8 Å². The molecule has 2 aromatic heterocycles. The van der Waals surface area contributed by atoms with Crippen LogP contribution >= 0.6 is 0 Å². The van der Waals surface area contributed by atoms with Crippen molar-refractivity contribution >= 4 is 0 Å². The molecule has 0 aromatic carbocycles. The average Bonchev–Trinajstić information content (AvgIpc) is 3.01. The molecule has 6 nitrogen and oxygen atoms in total. The van der Waals surface area contributed by atoms with E-state index >= 15 is 0 Å². The second-order valence-electron chi connectivity index (χ2n) is 4.50. The molecule has 0 saturated heterocycles. The van der Waals surface area contributed by atoms with Crippen LogP contribution in [0.5, 0.6) is 0 Å². The summed E-state index contributed by atoms with van der Waals surface area (Å²) in [6.07, 6.45) is 5.19. The molecule has 0 saturated carbocycles. The van der Waals surface area contributed by atoms with Gasteiger partial charge in [0.05, 0.1) is 17.9 Å². The van der Waals surface area contributed by atoms with Crippen LogP contribution in [0.3, 0.4) is 0 Å². The van der Waals surface area contributed by atoms with Crippen molar-refractivity contribution in [3.8, 4) is 11.5 Å². The van der Waals surface area contributed by atoms with Gasteiger partial charge in [0.1, 0.15) is 5.69 Å². The third-order valence-corrected chi connectivity index (χ3v) is 3.67. The van der Waals surface area contributed by atoms with Crippen LogP contribution in [0.15, 0.2) is 17.0 Å². The number of nitrogens with two attached hydrogens (primary N) is 1. The Kier molecular flexibility index (Phi) is 3.47. The predicted molar refractivity (Wildman–Crippen MR) is 67.8 cm³/mol. The molecule has 98 valence electrons. The Labute approximate surface area is 106 Å². The highest BCUT2D eigenvalue weighted by Crippen LogP contribution is 2.30. The van der Waals surface area contributed by atoms with Gasteiger partial charge in [0.15, 0.2) is 0 Å². The number of rotatable bonds is 5. The number of imidazole rings is 1. The van der Waals surface area contributed by atoms with Crippen LogP contribution in [0.1, 0.15) is 32.6 Å². The first-order valence-corrected chi connectivity index (χ1v) is 6.17. The van der Waals surface area contributed by atoms with Gasteiger partial charge >= 0.3 is 0 Å². The zero-order valence-corrected chi connectivity index (χ0v) is 11.1. The first-order chi connectivity index (χ1) is 8.66. The Morgan fingerprint density at radius 1 is 1.39 bits per heavy atom. The molecule has 0 unspecified atom stereocenters. The van der Waals surface area contributed by atoms with Crippen molar-refractivity contribution in [2.45, 2.75) is 32.1 Å². The highest BCUT2D eigenvalue weighted by molar-refractivity contribution is 5.47. The molecule has 0 bridgehead atoms. The van der Waals surface area contributed by atoms with Crippen LogP contribution in [0.4, 0.5) is 0 Å². The van der Waals surface area contributed by atoms with E-state index in [9.17, 15) is 0 Å². The summed E-state index contributed by atoms with van der Waals surface area (Å²) in [5.41, 5.74) is 6.49.